The third-order valence-electron chi connectivity index (χ3n) is 4.03. The molecule has 2 N–H and O–H groups in total. The van der Waals surface area contributed by atoms with Gasteiger partial charge in [-0.25, -0.2) is 4.39 Å². The number of hydrazone groups is 1. The SMILES string of the molecule is CCN(CC)c1ccc(C=NNC(=S)NC)c(OCc2ccc(F)cc2)c1. The average Bonchev–Trinajstić information content (AvgIpc) is 2.69. The molecule has 2 rings (SSSR count). The first kappa shape index (κ1) is 20.6. The van der Waals surface area contributed by atoms with E-state index in [0.717, 1.165) is 29.9 Å². The molecule has 0 spiro atoms. The maximum Gasteiger partial charge on any atom is 0.186 e. The van der Waals surface area contributed by atoms with Crippen molar-refractivity contribution < 1.29 is 9.13 Å². The lowest BCUT2D eigenvalue weighted by Gasteiger charge is -2.22. The number of ether oxygens (including phenoxy) is 1. The van der Waals surface area contributed by atoms with Crippen molar-refractivity contribution in [3.05, 3.63) is 59.4 Å². The smallest absolute Gasteiger partial charge is 0.186 e. The van der Waals surface area contributed by atoms with Crippen LogP contribution in [-0.4, -0.2) is 31.5 Å². The summed E-state index contributed by atoms with van der Waals surface area (Å²) >= 11 is 5.01. The molecule has 2 aromatic carbocycles. The summed E-state index contributed by atoms with van der Waals surface area (Å²) < 4.78 is 19.1. The first-order valence-electron chi connectivity index (χ1n) is 8.84. The van der Waals surface area contributed by atoms with Crippen molar-refractivity contribution in [3.63, 3.8) is 0 Å². The largest absolute Gasteiger partial charge is 0.488 e. The molecule has 0 heterocycles. The Labute approximate surface area is 165 Å². The molecule has 0 saturated carbocycles. The number of anilines is 1. The van der Waals surface area contributed by atoms with Gasteiger partial charge >= 0.3 is 0 Å². The Morgan fingerprint density at radius 2 is 1.89 bits per heavy atom. The average molecular weight is 389 g/mol. The number of halogens is 1. The Morgan fingerprint density at radius 3 is 2.52 bits per heavy atom. The highest BCUT2D eigenvalue weighted by atomic mass is 32.1. The molecular formula is C20H25FN4OS. The Bertz CT molecular complexity index is 776. The van der Waals surface area contributed by atoms with Crippen LogP contribution < -0.4 is 20.4 Å². The molecule has 0 unspecified atom stereocenters. The molecular weight excluding hydrogens is 363 g/mol. The predicted molar refractivity (Wildman–Crippen MR) is 113 cm³/mol. The van der Waals surface area contributed by atoms with E-state index in [1.165, 1.54) is 12.1 Å². The van der Waals surface area contributed by atoms with Crippen LogP contribution in [0.15, 0.2) is 47.6 Å². The fourth-order valence-corrected chi connectivity index (χ4v) is 2.55. The Morgan fingerprint density at radius 1 is 1.19 bits per heavy atom. The van der Waals surface area contributed by atoms with Gasteiger partial charge in [0.2, 0.25) is 0 Å². The molecule has 0 radical (unpaired) electrons. The molecule has 0 aliphatic rings. The molecule has 0 amide bonds. The summed E-state index contributed by atoms with van der Waals surface area (Å²) in [5.74, 6) is 0.436. The third kappa shape index (κ3) is 6.21. The van der Waals surface area contributed by atoms with Crippen molar-refractivity contribution >= 4 is 29.2 Å². The molecule has 144 valence electrons. The molecule has 0 bridgehead atoms. The summed E-state index contributed by atoms with van der Waals surface area (Å²) in [7, 11) is 1.72. The first-order valence-corrected chi connectivity index (χ1v) is 9.25. The van der Waals surface area contributed by atoms with Gasteiger partial charge in [0.1, 0.15) is 18.2 Å². The lowest BCUT2D eigenvalue weighted by molar-refractivity contribution is 0.305. The van der Waals surface area contributed by atoms with Crippen LogP contribution in [0.5, 0.6) is 5.75 Å². The molecule has 0 aromatic heterocycles. The second-order valence-corrected chi connectivity index (χ2v) is 6.17. The van der Waals surface area contributed by atoms with Gasteiger partial charge in [0, 0.05) is 37.5 Å². The van der Waals surface area contributed by atoms with Gasteiger partial charge in [0.25, 0.3) is 0 Å². The van der Waals surface area contributed by atoms with Crippen LogP contribution in [0.1, 0.15) is 25.0 Å². The van der Waals surface area contributed by atoms with Crippen LogP contribution in [0.3, 0.4) is 0 Å². The van der Waals surface area contributed by atoms with Crippen molar-refractivity contribution in [1.29, 1.82) is 0 Å². The minimum absolute atomic E-state index is 0.262. The van der Waals surface area contributed by atoms with Crippen LogP contribution in [-0.2, 0) is 6.61 Å². The number of thiocarbonyl (C=S) groups is 1. The predicted octanol–water partition coefficient (Wildman–Crippen LogP) is 3.68. The molecule has 5 nitrogen and oxygen atoms in total. The van der Waals surface area contributed by atoms with E-state index in [4.69, 9.17) is 17.0 Å². The number of rotatable bonds is 8. The van der Waals surface area contributed by atoms with Gasteiger partial charge in [-0.1, -0.05) is 12.1 Å². The molecule has 0 aliphatic carbocycles. The molecule has 0 fully saturated rings. The van der Waals surface area contributed by atoms with E-state index < -0.39 is 0 Å². The van der Waals surface area contributed by atoms with Gasteiger partial charge in [-0.05, 0) is 55.9 Å². The van der Waals surface area contributed by atoms with E-state index in [0.29, 0.717) is 17.5 Å². The zero-order chi connectivity index (χ0) is 19.6. The fraction of sp³-hybridized carbons (Fsp3) is 0.300. The van der Waals surface area contributed by atoms with Crippen LogP contribution in [0.25, 0.3) is 0 Å². The molecule has 2 aromatic rings. The molecule has 0 atom stereocenters. The topological polar surface area (TPSA) is 48.9 Å². The van der Waals surface area contributed by atoms with E-state index >= 15 is 0 Å². The number of benzene rings is 2. The second-order valence-electron chi connectivity index (χ2n) is 5.76. The van der Waals surface area contributed by atoms with E-state index in [2.05, 4.69) is 34.6 Å². The van der Waals surface area contributed by atoms with Crippen LogP contribution in [0.4, 0.5) is 10.1 Å². The summed E-state index contributed by atoms with van der Waals surface area (Å²) in [4.78, 5) is 2.24. The maximum atomic E-state index is 13.1. The van der Waals surface area contributed by atoms with E-state index in [1.807, 2.05) is 18.2 Å². The number of nitrogens with zero attached hydrogens (tertiary/aromatic N) is 2. The van der Waals surface area contributed by atoms with Crippen LogP contribution >= 0.6 is 12.2 Å². The highest BCUT2D eigenvalue weighted by Crippen LogP contribution is 2.26. The minimum atomic E-state index is -0.262. The molecule has 0 aliphatic heterocycles. The first-order chi connectivity index (χ1) is 13.1. The number of hydrogen-bond acceptors (Lipinski definition) is 4. The third-order valence-corrected chi connectivity index (χ3v) is 4.33. The van der Waals surface area contributed by atoms with Gasteiger partial charge in [0.15, 0.2) is 5.11 Å². The Hall–Kier alpha value is -2.67. The minimum Gasteiger partial charge on any atom is -0.488 e. The second kappa shape index (κ2) is 10.5. The normalized spacial score (nSPS) is 10.7. The van der Waals surface area contributed by atoms with Crippen LogP contribution in [0.2, 0.25) is 0 Å². The highest BCUT2D eigenvalue weighted by Gasteiger charge is 2.08. The van der Waals surface area contributed by atoms with Crippen molar-refractivity contribution in [2.24, 2.45) is 5.10 Å². The highest BCUT2D eigenvalue weighted by molar-refractivity contribution is 7.80. The fourth-order valence-electron chi connectivity index (χ4n) is 2.50. The summed E-state index contributed by atoms with van der Waals surface area (Å²) in [6.45, 7) is 6.37. The molecule has 27 heavy (non-hydrogen) atoms. The van der Waals surface area contributed by atoms with E-state index in [-0.39, 0.29) is 5.82 Å². The zero-order valence-corrected chi connectivity index (χ0v) is 16.6. The van der Waals surface area contributed by atoms with Crippen molar-refractivity contribution in [3.8, 4) is 5.75 Å². The maximum absolute atomic E-state index is 13.1. The van der Waals surface area contributed by atoms with Gasteiger partial charge in [-0.15, -0.1) is 0 Å². The van der Waals surface area contributed by atoms with Crippen LogP contribution in [0, 0.1) is 5.82 Å². The van der Waals surface area contributed by atoms with Gasteiger partial charge < -0.3 is 15.0 Å². The quantitative estimate of drug-likeness (QED) is 0.410. The molecule has 7 heteroatoms. The number of hydrogen-bond donors (Lipinski definition) is 2. The zero-order valence-electron chi connectivity index (χ0n) is 15.8. The lowest BCUT2D eigenvalue weighted by atomic mass is 10.1. The number of nitrogens with one attached hydrogen (secondary N) is 2. The summed E-state index contributed by atoms with van der Waals surface area (Å²) in [6, 6.07) is 12.3. The summed E-state index contributed by atoms with van der Waals surface area (Å²) in [5, 5.41) is 7.36. The monoisotopic (exact) mass is 388 g/mol. The Balaban J connectivity index is 2.23. The van der Waals surface area contributed by atoms with E-state index in [9.17, 15) is 4.39 Å². The van der Waals surface area contributed by atoms with Gasteiger partial charge in [0.05, 0.1) is 6.21 Å². The standard InChI is InChI=1S/C20H25FN4OS/c1-4-25(5-2)18-11-8-16(13-23-24-20(27)22-3)19(12-18)26-14-15-6-9-17(21)10-7-15/h6-13H,4-5,14H2,1-3H3,(H2,22,24,27). The van der Waals surface area contributed by atoms with Crippen molar-refractivity contribution in [1.82, 2.24) is 10.7 Å². The summed E-state index contributed by atoms with van der Waals surface area (Å²) in [6.07, 6.45) is 1.66. The molecule has 0 saturated heterocycles. The van der Waals surface area contributed by atoms with Crippen molar-refractivity contribution in [2.45, 2.75) is 20.5 Å². The lowest BCUT2D eigenvalue weighted by Crippen LogP contribution is -2.28. The van der Waals surface area contributed by atoms with Crippen molar-refractivity contribution in [2.75, 3.05) is 25.0 Å². The van der Waals surface area contributed by atoms with Gasteiger partial charge in [-0.3, -0.25) is 5.43 Å². The van der Waals surface area contributed by atoms with E-state index in [1.54, 1.807) is 25.4 Å². The van der Waals surface area contributed by atoms with Gasteiger partial charge in [-0.2, -0.15) is 5.10 Å². The summed E-state index contributed by atoms with van der Waals surface area (Å²) in [5.41, 5.74) is 5.51. The Kier molecular flexibility index (Phi) is 8.00.